The van der Waals surface area contributed by atoms with Crippen LogP contribution in [-0.2, 0) is 11.4 Å². The summed E-state index contributed by atoms with van der Waals surface area (Å²) >= 11 is 0. The van der Waals surface area contributed by atoms with Crippen LogP contribution < -0.4 is 11.2 Å². The topological polar surface area (TPSA) is 155 Å². The van der Waals surface area contributed by atoms with E-state index in [9.17, 15) is 19.8 Å². The minimum atomic E-state index is -1.40. The average Bonchev–Trinajstić information content (AvgIpc) is 3.12. The second-order valence-corrected chi connectivity index (χ2v) is 5.16. The molecule has 1 fully saturated rings. The fourth-order valence-electron chi connectivity index (χ4n) is 2.45. The van der Waals surface area contributed by atoms with E-state index >= 15 is 0 Å². The SMILES string of the molecule is O=c1[nH]c(=O)n(Cn2ccnn2)cc1[C@@H]1O[C@H](CO)C(O)[C@@H]1O. The van der Waals surface area contributed by atoms with Gasteiger partial charge in [0.2, 0.25) is 0 Å². The van der Waals surface area contributed by atoms with E-state index in [2.05, 4.69) is 15.3 Å². The Morgan fingerprint density at radius 1 is 1.30 bits per heavy atom. The van der Waals surface area contributed by atoms with E-state index in [-0.39, 0.29) is 12.2 Å². The number of rotatable bonds is 4. The van der Waals surface area contributed by atoms with Crippen LogP contribution in [0.25, 0.3) is 0 Å². The quantitative estimate of drug-likeness (QED) is 0.458. The summed E-state index contributed by atoms with van der Waals surface area (Å²) in [4.78, 5) is 26.0. The molecule has 3 rings (SSSR count). The average molecular weight is 325 g/mol. The third kappa shape index (κ3) is 2.82. The number of aliphatic hydroxyl groups excluding tert-OH is 3. The van der Waals surface area contributed by atoms with Crippen molar-refractivity contribution in [3.8, 4) is 0 Å². The molecule has 3 heterocycles. The van der Waals surface area contributed by atoms with Crippen molar-refractivity contribution in [3.63, 3.8) is 0 Å². The van der Waals surface area contributed by atoms with Crippen molar-refractivity contribution < 1.29 is 20.1 Å². The van der Waals surface area contributed by atoms with Gasteiger partial charge >= 0.3 is 5.69 Å². The first-order valence-corrected chi connectivity index (χ1v) is 6.81. The monoisotopic (exact) mass is 325 g/mol. The largest absolute Gasteiger partial charge is 0.394 e. The van der Waals surface area contributed by atoms with Crippen molar-refractivity contribution in [2.24, 2.45) is 0 Å². The molecule has 0 spiro atoms. The molecule has 1 saturated heterocycles. The summed E-state index contributed by atoms with van der Waals surface area (Å²) in [6.45, 7) is -0.511. The van der Waals surface area contributed by atoms with Gasteiger partial charge in [0.15, 0.2) is 0 Å². The van der Waals surface area contributed by atoms with Crippen molar-refractivity contribution in [1.82, 2.24) is 24.5 Å². The zero-order valence-corrected chi connectivity index (χ0v) is 11.8. The van der Waals surface area contributed by atoms with E-state index in [4.69, 9.17) is 9.84 Å². The van der Waals surface area contributed by atoms with Crippen LogP contribution in [0.2, 0.25) is 0 Å². The number of hydrogen-bond donors (Lipinski definition) is 4. The highest BCUT2D eigenvalue weighted by molar-refractivity contribution is 5.14. The molecular weight excluding hydrogens is 310 g/mol. The normalized spacial score (nSPS) is 27.4. The molecule has 0 amide bonds. The third-order valence-corrected chi connectivity index (χ3v) is 3.66. The molecule has 1 aliphatic heterocycles. The Hall–Kier alpha value is -2.34. The first kappa shape index (κ1) is 15.6. The van der Waals surface area contributed by atoms with Crippen LogP contribution in [0.15, 0.2) is 28.2 Å². The van der Waals surface area contributed by atoms with Gasteiger partial charge in [-0.05, 0) is 0 Å². The molecule has 23 heavy (non-hydrogen) atoms. The molecule has 0 bridgehead atoms. The van der Waals surface area contributed by atoms with Gasteiger partial charge in [0.05, 0.1) is 18.4 Å². The van der Waals surface area contributed by atoms with Gasteiger partial charge in [-0.2, -0.15) is 0 Å². The smallest absolute Gasteiger partial charge is 0.329 e. The molecule has 1 aliphatic rings. The maximum absolute atomic E-state index is 12.0. The highest BCUT2D eigenvalue weighted by Gasteiger charge is 2.44. The zero-order chi connectivity index (χ0) is 16.6. The molecule has 0 saturated carbocycles. The first-order chi connectivity index (χ1) is 11.0. The van der Waals surface area contributed by atoms with Crippen molar-refractivity contribution in [1.29, 1.82) is 0 Å². The second-order valence-electron chi connectivity index (χ2n) is 5.16. The van der Waals surface area contributed by atoms with Crippen LogP contribution in [0.4, 0.5) is 0 Å². The van der Waals surface area contributed by atoms with E-state index in [1.54, 1.807) is 0 Å². The van der Waals surface area contributed by atoms with Gasteiger partial charge in [-0.15, -0.1) is 5.10 Å². The summed E-state index contributed by atoms with van der Waals surface area (Å²) in [6, 6.07) is 0. The van der Waals surface area contributed by atoms with Gasteiger partial charge in [-0.1, -0.05) is 5.21 Å². The molecule has 124 valence electrons. The number of hydrogen-bond acceptors (Lipinski definition) is 8. The number of nitrogens with zero attached hydrogens (tertiary/aromatic N) is 4. The third-order valence-electron chi connectivity index (χ3n) is 3.66. The Bertz CT molecular complexity index is 784. The molecule has 0 radical (unpaired) electrons. The van der Waals surface area contributed by atoms with E-state index < -0.39 is 42.3 Å². The number of aromatic amines is 1. The molecular formula is C12H15N5O6. The molecule has 11 nitrogen and oxygen atoms in total. The van der Waals surface area contributed by atoms with Crippen LogP contribution in [0.1, 0.15) is 11.7 Å². The number of nitrogens with one attached hydrogen (secondary N) is 1. The van der Waals surface area contributed by atoms with Gasteiger partial charge in [0, 0.05) is 12.4 Å². The van der Waals surface area contributed by atoms with E-state index in [1.807, 2.05) is 0 Å². The van der Waals surface area contributed by atoms with Gasteiger partial charge in [0.1, 0.15) is 31.1 Å². The van der Waals surface area contributed by atoms with E-state index in [1.165, 1.54) is 23.3 Å². The molecule has 2 aromatic heterocycles. The maximum atomic E-state index is 12.0. The standard InChI is InChI=1S/C12H15N5O6/c18-4-7-8(19)9(20)10(23-7)6-3-16(12(22)14-11(6)21)5-17-2-1-13-15-17/h1-3,7-10,18-20H,4-5H2,(H,14,21,22)/t7-,8?,9+,10+/m1/s1. The van der Waals surface area contributed by atoms with Crippen molar-refractivity contribution in [2.75, 3.05) is 6.61 Å². The lowest BCUT2D eigenvalue weighted by Gasteiger charge is -2.15. The first-order valence-electron chi connectivity index (χ1n) is 6.81. The highest BCUT2D eigenvalue weighted by Crippen LogP contribution is 2.31. The summed E-state index contributed by atoms with van der Waals surface area (Å²) in [5.41, 5.74) is -1.44. The van der Waals surface area contributed by atoms with Crippen molar-refractivity contribution in [3.05, 3.63) is 45.0 Å². The number of ether oxygens (including phenoxy) is 1. The molecule has 4 atom stereocenters. The Kier molecular flexibility index (Phi) is 4.09. The number of aliphatic hydroxyl groups is 3. The van der Waals surface area contributed by atoms with Crippen LogP contribution in [0.3, 0.4) is 0 Å². The predicted octanol–water partition coefficient (Wildman–Crippen LogP) is -3.21. The zero-order valence-electron chi connectivity index (χ0n) is 11.8. The minimum absolute atomic E-state index is 0.00257. The summed E-state index contributed by atoms with van der Waals surface area (Å²) in [5.74, 6) is 0. The molecule has 2 aromatic rings. The second kappa shape index (κ2) is 6.04. The lowest BCUT2D eigenvalue weighted by molar-refractivity contribution is -0.0233. The van der Waals surface area contributed by atoms with Crippen LogP contribution in [-0.4, -0.2) is 64.8 Å². The lowest BCUT2D eigenvalue weighted by Crippen LogP contribution is -2.36. The van der Waals surface area contributed by atoms with Gasteiger partial charge in [0.25, 0.3) is 5.56 Å². The molecule has 0 aromatic carbocycles. The molecule has 11 heteroatoms. The Morgan fingerprint density at radius 2 is 2.09 bits per heavy atom. The van der Waals surface area contributed by atoms with Gasteiger partial charge in [-0.3, -0.25) is 14.3 Å². The molecule has 0 aliphatic carbocycles. The van der Waals surface area contributed by atoms with Gasteiger partial charge in [-0.25, -0.2) is 9.48 Å². The Balaban J connectivity index is 1.96. The Labute approximate surface area is 128 Å². The fourth-order valence-corrected chi connectivity index (χ4v) is 2.45. The highest BCUT2D eigenvalue weighted by atomic mass is 16.6. The van der Waals surface area contributed by atoms with Crippen molar-refractivity contribution >= 4 is 0 Å². The van der Waals surface area contributed by atoms with Crippen LogP contribution in [0.5, 0.6) is 0 Å². The number of H-pyrrole nitrogens is 1. The van der Waals surface area contributed by atoms with Crippen LogP contribution in [0, 0.1) is 0 Å². The number of aromatic nitrogens is 5. The van der Waals surface area contributed by atoms with Crippen LogP contribution >= 0.6 is 0 Å². The maximum Gasteiger partial charge on any atom is 0.329 e. The predicted molar refractivity (Wildman–Crippen MR) is 73.5 cm³/mol. The van der Waals surface area contributed by atoms with E-state index in [0.29, 0.717) is 0 Å². The summed E-state index contributed by atoms with van der Waals surface area (Å²) < 4.78 is 7.83. The summed E-state index contributed by atoms with van der Waals surface area (Å²) in [5, 5.41) is 36.2. The Morgan fingerprint density at radius 3 is 2.70 bits per heavy atom. The fraction of sp³-hybridized carbons (Fsp3) is 0.500. The molecule has 4 N–H and O–H groups in total. The minimum Gasteiger partial charge on any atom is -0.394 e. The van der Waals surface area contributed by atoms with Gasteiger partial charge < -0.3 is 20.1 Å². The van der Waals surface area contributed by atoms with E-state index in [0.717, 1.165) is 4.57 Å². The summed E-state index contributed by atoms with van der Waals surface area (Å²) in [7, 11) is 0. The lowest BCUT2D eigenvalue weighted by atomic mass is 10.0. The summed E-state index contributed by atoms with van der Waals surface area (Å²) in [6.07, 6.45) is -0.708. The molecule has 1 unspecified atom stereocenters. The van der Waals surface area contributed by atoms with Crippen molar-refractivity contribution in [2.45, 2.75) is 31.1 Å².